The van der Waals surface area contributed by atoms with Gasteiger partial charge in [0.25, 0.3) is 0 Å². The van der Waals surface area contributed by atoms with Crippen molar-refractivity contribution >= 4 is 23.7 Å². The molecule has 0 unspecified atom stereocenters. The number of anilines is 1. The summed E-state index contributed by atoms with van der Waals surface area (Å²) in [6, 6.07) is 24.3. The molecule has 0 fully saturated rings. The highest BCUT2D eigenvalue weighted by atomic mass is 16.5. The second-order valence-electron chi connectivity index (χ2n) is 6.70. The third-order valence-electron chi connectivity index (χ3n) is 4.12. The number of nitrogens with zero attached hydrogens (tertiary/aromatic N) is 1. The van der Waals surface area contributed by atoms with Crippen LogP contribution in [-0.2, 0) is 9.59 Å². The molecule has 6 nitrogen and oxygen atoms in total. The van der Waals surface area contributed by atoms with Gasteiger partial charge in [-0.05, 0) is 54.4 Å². The van der Waals surface area contributed by atoms with E-state index in [1.54, 1.807) is 0 Å². The van der Waals surface area contributed by atoms with Crippen molar-refractivity contribution < 1.29 is 14.3 Å². The molecule has 3 aromatic rings. The van der Waals surface area contributed by atoms with Gasteiger partial charge in [-0.15, -0.1) is 0 Å². The predicted octanol–water partition coefficient (Wildman–Crippen LogP) is 4.66. The van der Waals surface area contributed by atoms with Gasteiger partial charge in [0, 0.05) is 18.5 Å². The van der Waals surface area contributed by atoms with Gasteiger partial charge in [-0.1, -0.05) is 42.5 Å². The summed E-state index contributed by atoms with van der Waals surface area (Å²) in [4.78, 5) is 23.9. The lowest BCUT2D eigenvalue weighted by Crippen LogP contribution is -2.20. The van der Waals surface area contributed by atoms with Crippen LogP contribution in [0.1, 0.15) is 24.0 Å². The smallest absolute Gasteiger partial charge is 0.240 e. The van der Waals surface area contributed by atoms with Crippen molar-refractivity contribution in [1.82, 2.24) is 5.43 Å². The molecule has 3 rings (SSSR count). The van der Waals surface area contributed by atoms with Gasteiger partial charge in [-0.25, -0.2) is 5.43 Å². The Morgan fingerprint density at radius 3 is 2.40 bits per heavy atom. The number of para-hydroxylation sites is 1. The molecule has 0 aliphatic carbocycles. The largest absolute Gasteiger partial charge is 0.457 e. The van der Waals surface area contributed by atoms with Crippen molar-refractivity contribution in [3.05, 3.63) is 90.0 Å². The third kappa shape index (κ3) is 6.91. The standard InChI is InChI=1S/C24H23N3O3/c1-18-7-5-9-20(15-18)26-23(28)13-14-24(29)27-25-17-19-8-6-12-22(16-19)30-21-10-3-2-4-11-21/h2-12,15-17H,13-14H2,1H3,(H,26,28)(H,27,29). The molecule has 0 aliphatic heterocycles. The summed E-state index contributed by atoms with van der Waals surface area (Å²) < 4.78 is 5.77. The Hall–Kier alpha value is -3.93. The number of carbonyl (C=O) groups excluding carboxylic acids is 2. The SMILES string of the molecule is Cc1cccc(NC(=O)CCC(=O)NN=Cc2cccc(Oc3ccccc3)c2)c1. The molecular formula is C24H23N3O3. The first-order valence-corrected chi connectivity index (χ1v) is 9.60. The molecule has 0 aliphatic rings. The van der Waals surface area contributed by atoms with Crippen LogP contribution in [0.5, 0.6) is 11.5 Å². The summed E-state index contributed by atoms with van der Waals surface area (Å²) in [5, 5.41) is 6.73. The maximum atomic E-state index is 12.0. The minimum atomic E-state index is -0.331. The Balaban J connectivity index is 1.44. The van der Waals surface area contributed by atoms with E-state index >= 15 is 0 Å². The molecule has 0 atom stereocenters. The van der Waals surface area contributed by atoms with Crippen LogP contribution < -0.4 is 15.5 Å². The van der Waals surface area contributed by atoms with Crippen molar-refractivity contribution in [3.63, 3.8) is 0 Å². The number of ether oxygens (including phenoxy) is 1. The monoisotopic (exact) mass is 401 g/mol. The van der Waals surface area contributed by atoms with Crippen molar-refractivity contribution in [2.45, 2.75) is 19.8 Å². The van der Waals surface area contributed by atoms with E-state index < -0.39 is 0 Å². The van der Waals surface area contributed by atoms with Crippen LogP contribution in [0.15, 0.2) is 84.0 Å². The zero-order valence-corrected chi connectivity index (χ0v) is 16.7. The molecule has 0 bridgehead atoms. The molecule has 0 saturated heterocycles. The fourth-order valence-electron chi connectivity index (χ4n) is 2.69. The van der Waals surface area contributed by atoms with Crippen molar-refractivity contribution in [3.8, 4) is 11.5 Å². The Kier molecular flexibility index (Phi) is 7.33. The van der Waals surface area contributed by atoms with E-state index in [1.807, 2.05) is 85.8 Å². The summed E-state index contributed by atoms with van der Waals surface area (Å²) in [6.07, 6.45) is 1.66. The number of rotatable bonds is 8. The Morgan fingerprint density at radius 1 is 0.867 bits per heavy atom. The molecule has 6 heteroatoms. The summed E-state index contributed by atoms with van der Waals surface area (Å²) in [5.41, 5.74) is 4.99. The Bertz CT molecular complexity index is 1030. The van der Waals surface area contributed by atoms with E-state index in [2.05, 4.69) is 15.8 Å². The van der Waals surface area contributed by atoms with Crippen molar-refractivity contribution in [2.75, 3.05) is 5.32 Å². The second-order valence-corrected chi connectivity index (χ2v) is 6.70. The van der Waals surface area contributed by atoms with E-state index in [1.165, 1.54) is 6.21 Å². The number of nitrogens with one attached hydrogen (secondary N) is 2. The third-order valence-corrected chi connectivity index (χ3v) is 4.12. The minimum Gasteiger partial charge on any atom is -0.457 e. The highest BCUT2D eigenvalue weighted by Gasteiger charge is 2.07. The average Bonchev–Trinajstić information content (AvgIpc) is 2.73. The fraction of sp³-hybridized carbons (Fsp3) is 0.125. The van der Waals surface area contributed by atoms with E-state index in [-0.39, 0.29) is 24.7 Å². The number of carbonyl (C=O) groups is 2. The molecule has 0 spiro atoms. The summed E-state index contributed by atoms with van der Waals surface area (Å²) >= 11 is 0. The highest BCUT2D eigenvalue weighted by molar-refractivity contribution is 5.93. The quantitative estimate of drug-likeness (QED) is 0.426. The first kappa shape index (κ1) is 20.8. The molecule has 152 valence electrons. The number of benzene rings is 3. The first-order chi connectivity index (χ1) is 14.6. The maximum Gasteiger partial charge on any atom is 0.240 e. The van der Waals surface area contributed by atoms with Gasteiger partial charge >= 0.3 is 0 Å². The van der Waals surface area contributed by atoms with Crippen LogP contribution in [0.3, 0.4) is 0 Å². The normalized spacial score (nSPS) is 10.6. The zero-order valence-electron chi connectivity index (χ0n) is 16.7. The molecule has 2 N–H and O–H groups in total. The lowest BCUT2D eigenvalue weighted by molar-refractivity contribution is -0.124. The molecule has 3 aromatic carbocycles. The van der Waals surface area contributed by atoms with Gasteiger partial charge in [0.1, 0.15) is 11.5 Å². The minimum absolute atomic E-state index is 0.0478. The van der Waals surface area contributed by atoms with E-state index in [9.17, 15) is 9.59 Å². The molecule has 0 aromatic heterocycles. The van der Waals surface area contributed by atoms with Crippen LogP contribution in [0.4, 0.5) is 5.69 Å². The molecular weight excluding hydrogens is 378 g/mol. The van der Waals surface area contributed by atoms with Crippen LogP contribution in [0, 0.1) is 6.92 Å². The average molecular weight is 401 g/mol. The zero-order chi connectivity index (χ0) is 21.2. The molecule has 0 heterocycles. The van der Waals surface area contributed by atoms with Crippen LogP contribution >= 0.6 is 0 Å². The van der Waals surface area contributed by atoms with Gasteiger partial charge in [0.05, 0.1) is 6.21 Å². The van der Waals surface area contributed by atoms with Gasteiger partial charge in [0.15, 0.2) is 0 Å². The van der Waals surface area contributed by atoms with E-state index in [0.717, 1.165) is 22.6 Å². The molecule has 0 radical (unpaired) electrons. The van der Waals surface area contributed by atoms with Gasteiger partial charge in [0.2, 0.25) is 11.8 Å². The van der Waals surface area contributed by atoms with Gasteiger partial charge in [-0.3, -0.25) is 9.59 Å². The van der Waals surface area contributed by atoms with Crippen molar-refractivity contribution in [2.24, 2.45) is 5.10 Å². The van der Waals surface area contributed by atoms with Gasteiger partial charge in [-0.2, -0.15) is 5.10 Å². The topological polar surface area (TPSA) is 79.8 Å². The van der Waals surface area contributed by atoms with E-state index in [0.29, 0.717) is 5.75 Å². The number of hydrogen-bond donors (Lipinski definition) is 2. The second kappa shape index (κ2) is 10.6. The lowest BCUT2D eigenvalue weighted by atomic mass is 10.2. The summed E-state index contributed by atoms with van der Waals surface area (Å²) in [5.74, 6) is 0.862. The maximum absolute atomic E-state index is 12.0. The van der Waals surface area contributed by atoms with E-state index in [4.69, 9.17) is 4.74 Å². The number of aryl methyl sites for hydroxylation is 1. The first-order valence-electron chi connectivity index (χ1n) is 9.60. The summed E-state index contributed by atoms with van der Waals surface area (Å²) in [6.45, 7) is 1.95. The number of amides is 2. The van der Waals surface area contributed by atoms with Crippen molar-refractivity contribution in [1.29, 1.82) is 0 Å². The van der Waals surface area contributed by atoms with Crippen LogP contribution in [0.25, 0.3) is 0 Å². The predicted molar refractivity (Wildman–Crippen MR) is 118 cm³/mol. The highest BCUT2D eigenvalue weighted by Crippen LogP contribution is 2.21. The van der Waals surface area contributed by atoms with Crippen LogP contribution in [0.2, 0.25) is 0 Å². The molecule has 2 amide bonds. The number of hydrogen-bond acceptors (Lipinski definition) is 4. The summed E-state index contributed by atoms with van der Waals surface area (Å²) in [7, 11) is 0. The Morgan fingerprint density at radius 2 is 1.60 bits per heavy atom. The lowest BCUT2D eigenvalue weighted by Gasteiger charge is -2.06. The fourth-order valence-corrected chi connectivity index (χ4v) is 2.69. The molecule has 0 saturated carbocycles. The Labute approximate surface area is 175 Å². The van der Waals surface area contributed by atoms with Crippen LogP contribution in [-0.4, -0.2) is 18.0 Å². The van der Waals surface area contributed by atoms with Gasteiger partial charge < -0.3 is 10.1 Å². The molecule has 30 heavy (non-hydrogen) atoms. The number of hydrazone groups is 1.